The van der Waals surface area contributed by atoms with E-state index in [0.29, 0.717) is 0 Å². The molecule has 88 valence electrons. The Balaban J connectivity index is 4.66. The number of rotatable bonds is 6. The summed E-state index contributed by atoms with van der Waals surface area (Å²) in [6.45, 7) is 0.245. The number of hydrogen-bond donors (Lipinski definition) is 5. The lowest BCUT2D eigenvalue weighted by Gasteiger charge is -2.25. The molecule has 7 heteroatoms. The molecular formula is C8H15NO6. The van der Waals surface area contributed by atoms with E-state index >= 15 is 0 Å². The second kappa shape index (κ2) is 6.46. The minimum atomic E-state index is -1.86. The largest absolute Gasteiger partial charge is 0.394 e. The zero-order valence-corrected chi connectivity index (χ0v) is 8.12. The Morgan fingerprint density at radius 3 is 2.33 bits per heavy atom. The van der Waals surface area contributed by atoms with Crippen molar-refractivity contribution in [3.63, 3.8) is 0 Å². The van der Waals surface area contributed by atoms with Gasteiger partial charge in [0.2, 0.25) is 5.91 Å². The molecule has 0 aliphatic carbocycles. The lowest BCUT2D eigenvalue weighted by molar-refractivity contribution is -0.129. The van der Waals surface area contributed by atoms with Crippen LogP contribution in [0, 0.1) is 0 Å². The van der Waals surface area contributed by atoms with Crippen molar-refractivity contribution in [2.45, 2.75) is 31.3 Å². The molecule has 0 aromatic rings. The summed E-state index contributed by atoms with van der Waals surface area (Å²) in [5.74, 6) is -0.671. The van der Waals surface area contributed by atoms with Crippen LogP contribution in [0.1, 0.15) is 8.29 Å². The van der Waals surface area contributed by atoms with E-state index < -0.39 is 43.1 Å². The molecule has 0 aromatic heterocycles. The first-order valence-corrected chi connectivity index (χ1v) is 4.23. The molecule has 0 saturated heterocycles. The van der Waals surface area contributed by atoms with E-state index in [0.717, 1.165) is 6.92 Å². The van der Waals surface area contributed by atoms with Gasteiger partial charge in [-0.3, -0.25) is 4.79 Å². The quantitative estimate of drug-likeness (QED) is 0.301. The highest BCUT2D eigenvalue weighted by molar-refractivity contribution is 5.77. The maximum absolute atomic E-state index is 10.8. The first-order valence-electron chi connectivity index (χ1n) is 4.73. The Morgan fingerprint density at radius 2 is 2.00 bits per heavy atom. The van der Waals surface area contributed by atoms with E-state index in [9.17, 15) is 19.8 Å². The molecule has 0 aromatic carbocycles. The lowest BCUT2D eigenvalue weighted by Crippen LogP contribution is -2.53. The SMILES string of the molecule is [3H]C(=O)[C@H](NC(C)=O)[C@@H](O)[C@H](O)[C@H](O)CO. The van der Waals surface area contributed by atoms with Gasteiger partial charge < -0.3 is 30.5 Å². The highest BCUT2D eigenvalue weighted by atomic mass is 16.4. The van der Waals surface area contributed by atoms with Gasteiger partial charge in [0.15, 0.2) is 0 Å². The third kappa shape index (κ3) is 4.34. The van der Waals surface area contributed by atoms with E-state index in [4.69, 9.17) is 11.6 Å². The summed E-state index contributed by atoms with van der Waals surface area (Å²) >= 11 is 0. The van der Waals surface area contributed by atoms with Crippen molar-refractivity contribution in [2.24, 2.45) is 0 Å². The van der Waals surface area contributed by atoms with Crippen LogP contribution in [-0.2, 0) is 9.59 Å². The third-order valence-electron chi connectivity index (χ3n) is 1.76. The van der Waals surface area contributed by atoms with Crippen LogP contribution in [0.4, 0.5) is 0 Å². The van der Waals surface area contributed by atoms with Crippen LogP contribution < -0.4 is 5.32 Å². The minimum Gasteiger partial charge on any atom is -0.394 e. The molecule has 0 unspecified atom stereocenters. The molecule has 0 heterocycles. The molecular weight excluding hydrogens is 206 g/mol. The van der Waals surface area contributed by atoms with Crippen LogP contribution in [0.3, 0.4) is 0 Å². The minimum absolute atomic E-state index is 0.671. The highest BCUT2D eigenvalue weighted by Gasteiger charge is 2.31. The molecule has 0 bridgehead atoms. The first-order chi connectivity index (χ1) is 7.31. The standard InChI is InChI=1S/C8H15NO6/c1-4(12)9-5(2-10)7(14)8(15)6(13)3-11/h2,5-8,11,13-15H,3H2,1H3,(H,9,12)/t5-,6+,7+,8+/m0/s1/i2T. The molecule has 0 aliphatic rings. The third-order valence-corrected chi connectivity index (χ3v) is 1.76. The number of carbonyl (C=O) groups excluding carboxylic acids is 2. The molecule has 5 N–H and O–H groups in total. The summed E-state index contributed by atoms with van der Waals surface area (Å²) in [7, 11) is 0. The van der Waals surface area contributed by atoms with Crippen molar-refractivity contribution in [1.82, 2.24) is 5.32 Å². The van der Waals surface area contributed by atoms with Gasteiger partial charge in [-0.25, -0.2) is 0 Å². The number of hydrogen-bond acceptors (Lipinski definition) is 6. The summed E-state index contributed by atoms with van der Waals surface area (Å²) < 4.78 is 6.78. The number of aliphatic hydroxyl groups is 4. The molecule has 0 spiro atoms. The van der Waals surface area contributed by atoms with Crippen LogP contribution in [0.25, 0.3) is 0 Å². The van der Waals surface area contributed by atoms with Crippen molar-refractivity contribution in [3.05, 3.63) is 0 Å². The molecule has 1 amide bonds. The lowest BCUT2D eigenvalue weighted by atomic mass is 10.0. The molecule has 4 atom stereocenters. The van der Waals surface area contributed by atoms with Gasteiger partial charge in [0.05, 0.1) is 6.61 Å². The molecule has 0 aliphatic heterocycles. The number of carbonyl (C=O) groups is 2. The van der Waals surface area contributed by atoms with E-state index in [1.54, 1.807) is 0 Å². The summed E-state index contributed by atoms with van der Waals surface area (Å²) in [6, 6.07) is -1.64. The van der Waals surface area contributed by atoms with E-state index in [2.05, 4.69) is 0 Å². The summed E-state index contributed by atoms with van der Waals surface area (Å²) in [5.41, 5.74) is 0. The highest BCUT2D eigenvalue weighted by Crippen LogP contribution is 2.03. The van der Waals surface area contributed by atoms with Crippen LogP contribution in [0.5, 0.6) is 0 Å². The van der Waals surface area contributed by atoms with Gasteiger partial charge >= 0.3 is 0 Å². The van der Waals surface area contributed by atoms with Crippen LogP contribution in [0.15, 0.2) is 0 Å². The van der Waals surface area contributed by atoms with Crippen LogP contribution >= 0.6 is 0 Å². The maximum atomic E-state index is 10.8. The molecule has 15 heavy (non-hydrogen) atoms. The van der Waals surface area contributed by atoms with Gasteiger partial charge in [-0.2, -0.15) is 0 Å². The number of amides is 1. The first kappa shape index (κ1) is 12.1. The Labute approximate surface area is 87.7 Å². The van der Waals surface area contributed by atoms with E-state index in [1.807, 2.05) is 5.32 Å². The molecule has 0 saturated carbocycles. The average molecular weight is 223 g/mol. The fourth-order valence-corrected chi connectivity index (χ4v) is 0.936. The monoisotopic (exact) mass is 223 g/mol. The topological polar surface area (TPSA) is 127 Å². The van der Waals surface area contributed by atoms with Crippen molar-refractivity contribution in [1.29, 1.82) is 0 Å². The fraction of sp³-hybridized carbons (Fsp3) is 0.750. The smallest absolute Gasteiger partial charge is 0.217 e. The van der Waals surface area contributed by atoms with Gasteiger partial charge in [-0.15, -0.1) is 0 Å². The van der Waals surface area contributed by atoms with Gasteiger partial charge in [0.25, 0.3) is 0 Å². The van der Waals surface area contributed by atoms with Gasteiger partial charge in [-0.1, -0.05) is 0 Å². The maximum Gasteiger partial charge on any atom is 0.217 e. The molecule has 7 nitrogen and oxygen atoms in total. The predicted molar refractivity (Wildman–Crippen MR) is 48.8 cm³/mol. The van der Waals surface area contributed by atoms with Crippen LogP contribution in [-0.4, -0.2) is 63.6 Å². The summed E-state index contributed by atoms with van der Waals surface area (Å²) in [6.07, 6.45) is -6.68. The summed E-state index contributed by atoms with van der Waals surface area (Å²) in [4.78, 5) is 21.4. The zero-order chi connectivity index (χ0) is 12.9. The fourth-order valence-electron chi connectivity index (χ4n) is 0.936. The normalized spacial score (nSPS) is 19.7. The van der Waals surface area contributed by atoms with Gasteiger partial charge in [0, 0.05) is 6.92 Å². The van der Waals surface area contributed by atoms with Gasteiger partial charge in [0.1, 0.15) is 32.0 Å². The van der Waals surface area contributed by atoms with Crippen molar-refractivity contribution < 1.29 is 31.4 Å². The Bertz CT molecular complexity index is 261. The summed E-state index contributed by atoms with van der Waals surface area (Å²) in [5, 5.41) is 38.2. The second-order valence-corrected chi connectivity index (χ2v) is 3.03. The second-order valence-electron chi connectivity index (χ2n) is 3.03. The van der Waals surface area contributed by atoms with Gasteiger partial charge in [-0.05, 0) is 0 Å². The van der Waals surface area contributed by atoms with E-state index in [-0.39, 0.29) is 0 Å². The predicted octanol–water partition coefficient (Wildman–Crippen LogP) is -3.23. The Morgan fingerprint density at radius 1 is 1.47 bits per heavy atom. The molecule has 0 fully saturated rings. The van der Waals surface area contributed by atoms with Crippen molar-refractivity contribution in [3.8, 4) is 0 Å². The number of aliphatic hydroxyl groups excluding tert-OH is 4. The van der Waals surface area contributed by atoms with Crippen molar-refractivity contribution >= 4 is 12.2 Å². The molecule has 0 rings (SSSR count). The average Bonchev–Trinajstić information content (AvgIpc) is 2.22. The number of nitrogens with one attached hydrogen (secondary N) is 1. The van der Waals surface area contributed by atoms with Crippen molar-refractivity contribution in [2.75, 3.05) is 6.61 Å². The number of aldehydes is 1. The Hall–Kier alpha value is -1.02. The Kier molecular flexibility index (Phi) is 5.19. The molecule has 0 radical (unpaired) electrons. The van der Waals surface area contributed by atoms with E-state index in [1.165, 1.54) is 0 Å². The van der Waals surface area contributed by atoms with Crippen LogP contribution in [0.2, 0.25) is 0 Å². The zero-order valence-electron chi connectivity index (χ0n) is 9.12.